The third-order valence-electron chi connectivity index (χ3n) is 2.91. The number of pyridine rings is 2. The summed E-state index contributed by atoms with van der Waals surface area (Å²) in [5.74, 6) is -0.280. The Kier molecular flexibility index (Phi) is 3.73. The molecule has 0 saturated heterocycles. The number of hydrogen-bond acceptors (Lipinski definition) is 3. The highest BCUT2D eigenvalue weighted by molar-refractivity contribution is 6.31. The molecular formula is C15H9Cl2N3O. The maximum absolute atomic E-state index is 12.4. The molecule has 0 fully saturated rings. The molecule has 0 unspecified atom stereocenters. The third kappa shape index (κ3) is 2.96. The Hall–Kier alpha value is -2.17. The van der Waals surface area contributed by atoms with E-state index in [1.807, 2.05) is 18.2 Å². The Morgan fingerprint density at radius 3 is 2.67 bits per heavy atom. The monoisotopic (exact) mass is 317 g/mol. The Morgan fingerprint density at radius 1 is 1.05 bits per heavy atom. The number of nitrogens with zero attached hydrogens (tertiary/aromatic N) is 2. The van der Waals surface area contributed by atoms with Gasteiger partial charge < -0.3 is 5.32 Å². The summed E-state index contributed by atoms with van der Waals surface area (Å²) < 4.78 is 0. The lowest BCUT2D eigenvalue weighted by molar-refractivity contribution is 0.102. The maximum atomic E-state index is 12.4. The minimum Gasteiger partial charge on any atom is -0.322 e. The standard InChI is InChI=1S/C15H9Cl2N3O/c16-13-7-9(5-6-18-13)19-15(21)11-8-14(17)20-12-4-2-1-3-10(11)12/h1-8H,(H,18,19,21). The van der Waals surface area contributed by atoms with Crippen LogP contribution in [0.3, 0.4) is 0 Å². The Bertz CT molecular complexity index is 836. The highest BCUT2D eigenvalue weighted by atomic mass is 35.5. The predicted octanol–water partition coefficient (Wildman–Crippen LogP) is 4.19. The summed E-state index contributed by atoms with van der Waals surface area (Å²) in [7, 11) is 0. The van der Waals surface area contributed by atoms with Crippen LogP contribution < -0.4 is 5.32 Å². The average molecular weight is 318 g/mol. The van der Waals surface area contributed by atoms with Gasteiger partial charge in [0, 0.05) is 17.3 Å². The fraction of sp³-hybridized carbons (Fsp3) is 0. The van der Waals surface area contributed by atoms with Gasteiger partial charge in [0.05, 0.1) is 11.1 Å². The first-order chi connectivity index (χ1) is 10.1. The minimum atomic E-state index is -0.280. The van der Waals surface area contributed by atoms with Gasteiger partial charge in [0.1, 0.15) is 10.3 Å². The zero-order valence-corrected chi connectivity index (χ0v) is 12.2. The second kappa shape index (κ2) is 5.68. The Balaban J connectivity index is 2.02. The quantitative estimate of drug-likeness (QED) is 0.721. The molecule has 2 aromatic heterocycles. The summed E-state index contributed by atoms with van der Waals surface area (Å²) in [4.78, 5) is 20.5. The molecule has 0 aliphatic heterocycles. The van der Waals surface area contributed by atoms with Gasteiger partial charge in [0.2, 0.25) is 0 Å². The molecule has 6 heteroatoms. The van der Waals surface area contributed by atoms with E-state index in [0.29, 0.717) is 21.9 Å². The average Bonchev–Trinajstić information content (AvgIpc) is 2.46. The van der Waals surface area contributed by atoms with Crippen molar-refractivity contribution in [2.45, 2.75) is 0 Å². The van der Waals surface area contributed by atoms with Crippen molar-refractivity contribution >= 4 is 45.7 Å². The number of nitrogens with one attached hydrogen (secondary N) is 1. The van der Waals surface area contributed by atoms with Gasteiger partial charge >= 0.3 is 0 Å². The number of benzene rings is 1. The third-order valence-corrected chi connectivity index (χ3v) is 3.31. The highest BCUT2D eigenvalue weighted by Gasteiger charge is 2.12. The molecule has 1 aromatic carbocycles. The van der Waals surface area contributed by atoms with Crippen molar-refractivity contribution in [2.24, 2.45) is 0 Å². The Morgan fingerprint density at radius 2 is 1.86 bits per heavy atom. The number of amides is 1. The highest BCUT2D eigenvalue weighted by Crippen LogP contribution is 2.22. The summed E-state index contributed by atoms with van der Waals surface area (Å²) in [5, 5.41) is 4.08. The lowest BCUT2D eigenvalue weighted by Crippen LogP contribution is -2.12. The van der Waals surface area contributed by atoms with Gasteiger partial charge in [0.15, 0.2) is 0 Å². The second-order valence-corrected chi connectivity index (χ2v) is 5.11. The first-order valence-electron chi connectivity index (χ1n) is 6.12. The number of fused-ring (bicyclic) bond motifs is 1. The summed E-state index contributed by atoms with van der Waals surface area (Å²) in [6.45, 7) is 0. The van der Waals surface area contributed by atoms with Gasteiger partial charge in [0.25, 0.3) is 5.91 Å². The first kappa shape index (κ1) is 13.8. The fourth-order valence-electron chi connectivity index (χ4n) is 2.01. The number of halogens is 2. The molecule has 104 valence electrons. The first-order valence-corrected chi connectivity index (χ1v) is 6.87. The molecule has 0 saturated carbocycles. The van der Waals surface area contributed by atoms with Crippen LogP contribution >= 0.6 is 23.2 Å². The molecule has 1 N–H and O–H groups in total. The van der Waals surface area contributed by atoms with Gasteiger partial charge in [-0.15, -0.1) is 0 Å². The second-order valence-electron chi connectivity index (χ2n) is 4.33. The van der Waals surface area contributed by atoms with Crippen LogP contribution in [0.5, 0.6) is 0 Å². The number of carbonyl (C=O) groups excluding carboxylic acids is 1. The normalized spacial score (nSPS) is 10.6. The SMILES string of the molecule is O=C(Nc1ccnc(Cl)c1)c1cc(Cl)nc2ccccc12. The van der Waals surface area contributed by atoms with Crippen molar-refractivity contribution in [1.29, 1.82) is 0 Å². The van der Waals surface area contributed by atoms with Crippen molar-refractivity contribution in [2.75, 3.05) is 5.32 Å². The molecule has 0 aliphatic carbocycles. The van der Waals surface area contributed by atoms with Crippen LogP contribution in [0.2, 0.25) is 10.3 Å². The van der Waals surface area contributed by atoms with E-state index in [2.05, 4.69) is 15.3 Å². The summed E-state index contributed by atoms with van der Waals surface area (Å²) in [6.07, 6.45) is 1.52. The van der Waals surface area contributed by atoms with Gasteiger partial charge in [-0.05, 0) is 24.3 Å². The van der Waals surface area contributed by atoms with Crippen molar-refractivity contribution in [3.8, 4) is 0 Å². The fourth-order valence-corrected chi connectivity index (χ4v) is 2.38. The zero-order valence-electron chi connectivity index (χ0n) is 10.7. The molecule has 0 atom stereocenters. The van der Waals surface area contributed by atoms with Crippen LogP contribution in [0.15, 0.2) is 48.7 Å². The van der Waals surface area contributed by atoms with Gasteiger partial charge in [-0.1, -0.05) is 41.4 Å². The van der Waals surface area contributed by atoms with Crippen LogP contribution in [-0.2, 0) is 0 Å². The van der Waals surface area contributed by atoms with Crippen molar-refractivity contribution in [1.82, 2.24) is 9.97 Å². The molecule has 1 amide bonds. The van der Waals surface area contributed by atoms with Gasteiger partial charge in [-0.25, -0.2) is 9.97 Å². The number of para-hydroxylation sites is 1. The van der Waals surface area contributed by atoms with E-state index in [0.717, 1.165) is 5.39 Å². The van der Waals surface area contributed by atoms with E-state index >= 15 is 0 Å². The number of hydrogen-bond donors (Lipinski definition) is 1. The molecule has 0 bridgehead atoms. The van der Waals surface area contributed by atoms with Gasteiger partial charge in [-0.3, -0.25) is 4.79 Å². The molecule has 0 aliphatic rings. The van der Waals surface area contributed by atoms with Crippen LogP contribution in [-0.4, -0.2) is 15.9 Å². The summed E-state index contributed by atoms with van der Waals surface area (Å²) in [6, 6.07) is 12.1. The van der Waals surface area contributed by atoms with E-state index in [4.69, 9.17) is 23.2 Å². The van der Waals surface area contributed by atoms with Crippen molar-refractivity contribution in [3.05, 3.63) is 64.5 Å². The summed E-state index contributed by atoms with van der Waals surface area (Å²) in [5.41, 5.74) is 1.69. The number of aromatic nitrogens is 2. The van der Waals surface area contributed by atoms with E-state index in [9.17, 15) is 4.79 Å². The topological polar surface area (TPSA) is 54.9 Å². The molecular weight excluding hydrogens is 309 g/mol. The molecule has 0 spiro atoms. The predicted molar refractivity (Wildman–Crippen MR) is 84.0 cm³/mol. The molecule has 2 heterocycles. The molecule has 0 radical (unpaired) electrons. The number of carbonyl (C=O) groups is 1. The zero-order chi connectivity index (χ0) is 14.8. The van der Waals surface area contributed by atoms with Crippen molar-refractivity contribution < 1.29 is 4.79 Å². The summed E-state index contributed by atoms with van der Waals surface area (Å²) >= 11 is 11.8. The lowest BCUT2D eigenvalue weighted by Gasteiger charge is -2.08. The minimum absolute atomic E-state index is 0.270. The van der Waals surface area contributed by atoms with Crippen LogP contribution in [0.25, 0.3) is 10.9 Å². The van der Waals surface area contributed by atoms with Crippen LogP contribution in [0, 0.1) is 0 Å². The Labute approximate surface area is 130 Å². The largest absolute Gasteiger partial charge is 0.322 e. The van der Waals surface area contributed by atoms with E-state index in [1.54, 1.807) is 24.3 Å². The van der Waals surface area contributed by atoms with E-state index in [-0.39, 0.29) is 11.1 Å². The maximum Gasteiger partial charge on any atom is 0.256 e. The van der Waals surface area contributed by atoms with E-state index < -0.39 is 0 Å². The van der Waals surface area contributed by atoms with Crippen molar-refractivity contribution in [3.63, 3.8) is 0 Å². The molecule has 3 aromatic rings. The molecule has 3 rings (SSSR count). The molecule has 4 nitrogen and oxygen atoms in total. The smallest absolute Gasteiger partial charge is 0.256 e. The molecule has 21 heavy (non-hydrogen) atoms. The lowest BCUT2D eigenvalue weighted by atomic mass is 10.1. The number of rotatable bonds is 2. The van der Waals surface area contributed by atoms with E-state index in [1.165, 1.54) is 6.20 Å². The van der Waals surface area contributed by atoms with Crippen LogP contribution in [0.4, 0.5) is 5.69 Å². The number of anilines is 1. The van der Waals surface area contributed by atoms with Gasteiger partial charge in [-0.2, -0.15) is 0 Å². The van der Waals surface area contributed by atoms with Crippen LogP contribution in [0.1, 0.15) is 10.4 Å².